The lowest BCUT2D eigenvalue weighted by atomic mass is 10.2. The van der Waals surface area contributed by atoms with Gasteiger partial charge in [0.25, 0.3) is 0 Å². The van der Waals surface area contributed by atoms with Crippen molar-refractivity contribution in [2.75, 3.05) is 0 Å². The normalized spacial score (nSPS) is 12.2. The molecule has 1 heterocycles. The Labute approximate surface area is 111 Å². The number of carbonyl (C=O) groups is 1. The zero-order valence-electron chi connectivity index (χ0n) is 10.8. The smallest absolute Gasteiger partial charge is 0.248 e. The van der Waals surface area contributed by atoms with Crippen LogP contribution >= 0.6 is 11.3 Å². The lowest BCUT2D eigenvalue weighted by molar-refractivity contribution is -0.118. The fourth-order valence-electron chi connectivity index (χ4n) is 1.90. The molecule has 0 unspecified atom stereocenters. The maximum absolute atomic E-state index is 11.7. The maximum atomic E-state index is 11.7. The molecule has 1 amide bonds. The van der Waals surface area contributed by atoms with E-state index in [4.69, 9.17) is 0 Å². The molecule has 0 saturated carbocycles. The fraction of sp³-hybridized carbons (Fsp3) is 0.429. The summed E-state index contributed by atoms with van der Waals surface area (Å²) >= 11 is 1.59. The molecule has 0 atom stereocenters. The maximum Gasteiger partial charge on any atom is 0.248 e. The molecule has 0 saturated heterocycles. The van der Waals surface area contributed by atoms with Gasteiger partial charge in [-0.15, -0.1) is 0 Å². The van der Waals surface area contributed by atoms with E-state index in [9.17, 15) is 4.79 Å². The van der Waals surface area contributed by atoms with Gasteiger partial charge in [0.2, 0.25) is 5.91 Å². The summed E-state index contributed by atoms with van der Waals surface area (Å²) in [5.74, 6) is -0.00870. The first kappa shape index (κ1) is 13.0. The highest BCUT2D eigenvalue weighted by molar-refractivity contribution is 7.16. The van der Waals surface area contributed by atoms with Crippen molar-refractivity contribution in [2.24, 2.45) is 4.99 Å². The average molecular weight is 262 g/mol. The van der Waals surface area contributed by atoms with Crippen LogP contribution in [0.3, 0.4) is 0 Å². The molecule has 0 bridgehead atoms. The van der Waals surface area contributed by atoms with Crippen molar-refractivity contribution in [2.45, 2.75) is 39.7 Å². The van der Waals surface area contributed by atoms with E-state index in [1.165, 1.54) is 4.70 Å². The summed E-state index contributed by atoms with van der Waals surface area (Å²) in [5, 5.41) is 0. The summed E-state index contributed by atoms with van der Waals surface area (Å²) in [4.78, 5) is 16.8. The molecule has 0 N–H and O–H groups in total. The molecule has 0 aliphatic heterocycles. The summed E-state index contributed by atoms with van der Waals surface area (Å²) in [5.41, 5.74) is 1.16. The number of hydrogen-bond acceptors (Lipinski definition) is 2. The second-order valence-corrected chi connectivity index (χ2v) is 5.21. The number of hydrogen-bond donors (Lipinski definition) is 0. The molecule has 1 aromatic heterocycles. The number of benzene rings is 1. The van der Waals surface area contributed by atoms with Crippen LogP contribution in [0.4, 0.5) is 0 Å². The molecule has 0 radical (unpaired) electrons. The van der Waals surface area contributed by atoms with E-state index >= 15 is 0 Å². The van der Waals surface area contributed by atoms with Gasteiger partial charge in [-0.3, -0.25) is 4.79 Å². The molecule has 3 nitrogen and oxygen atoms in total. The van der Waals surface area contributed by atoms with E-state index in [0.717, 1.165) is 29.7 Å². The molecule has 0 spiro atoms. The summed E-state index contributed by atoms with van der Waals surface area (Å²) < 4.78 is 3.28. The van der Waals surface area contributed by atoms with Crippen LogP contribution in [0.5, 0.6) is 0 Å². The highest BCUT2D eigenvalue weighted by atomic mass is 32.1. The van der Waals surface area contributed by atoms with E-state index in [2.05, 4.69) is 35.5 Å². The number of para-hydroxylation sites is 1. The Hall–Kier alpha value is -1.42. The number of nitrogens with zero attached hydrogens (tertiary/aromatic N) is 2. The third-order valence-corrected chi connectivity index (χ3v) is 3.93. The summed E-state index contributed by atoms with van der Waals surface area (Å²) in [6, 6.07) is 8.18. The topological polar surface area (TPSA) is 34.4 Å². The van der Waals surface area contributed by atoms with Crippen LogP contribution in [0.1, 0.15) is 33.1 Å². The molecular formula is C14H18N2OS. The molecule has 4 heteroatoms. The third kappa shape index (κ3) is 2.70. The van der Waals surface area contributed by atoms with Gasteiger partial charge in [0, 0.05) is 13.0 Å². The van der Waals surface area contributed by atoms with Crippen molar-refractivity contribution in [3.63, 3.8) is 0 Å². The van der Waals surface area contributed by atoms with Crippen LogP contribution in [0.25, 0.3) is 10.2 Å². The van der Waals surface area contributed by atoms with Crippen molar-refractivity contribution < 1.29 is 4.79 Å². The minimum absolute atomic E-state index is 0.00870. The van der Waals surface area contributed by atoms with Crippen LogP contribution in [0.15, 0.2) is 29.3 Å². The number of fused-ring (bicyclic) bond motifs is 1. The third-order valence-electron chi connectivity index (χ3n) is 2.87. The lowest BCUT2D eigenvalue weighted by Gasteiger charge is -1.99. The fourth-order valence-corrected chi connectivity index (χ4v) is 3.01. The minimum atomic E-state index is -0.00870. The van der Waals surface area contributed by atoms with E-state index in [0.29, 0.717) is 6.42 Å². The Bertz CT molecular complexity index is 610. The number of aryl methyl sites for hydroxylation is 1. The van der Waals surface area contributed by atoms with Crippen molar-refractivity contribution in [1.82, 2.24) is 4.57 Å². The Kier molecular flexibility index (Phi) is 4.31. The first-order valence-electron chi connectivity index (χ1n) is 6.42. The molecule has 0 fully saturated rings. The summed E-state index contributed by atoms with van der Waals surface area (Å²) in [6.07, 6.45) is 2.50. The Balaban J connectivity index is 2.43. The van der Waals surface area contributed by atoms with Crippen LogP contribution in [0, 0.1) is 0 Å². The zero-order chi connectivity index (χ0) is 13.0. The van der Waals surface area contributed by atoms with E-state index in [1.54, 1.807) is 11.3 Å². The number of thiazole rings is 1. The van der Waals surface area contributed by atoms with Gasteiger partial charge >= 0.3 is 0 Å². The average Bonchev–Trinajstić information content (AvgIpc) is 2.73. The van der Waals surface area contributed by atoms with Crippen LogP contribution < -0.4 is 4.80 Å². The molecule has 2 aromatic rings. The largest absolute Gasteiger partial charge is 0.317 e. The van der Waals surface area contributed by atoms with Crippen molar-refractivity contribution in [3.8, 4) is 0 Å². The Morgan fingerprint density at radius 3 is 2.83 bits per heavy atom. The monoisotopic (exact) mass is 262 g/mol. The van der Waals surface area contributed by atoms with Gasteiger partial charge in [0.15, 0.2) is 4.80 Å². The van der Waals surface area contributed by atoms with Crippen LogP contribution in [-0.4, -0.2) is 10.5 Å². The number of carbonyl (C=O) groups excluding carboxylic acids is 1. The van der Waals surface area contributed by atoms with Gasteiger partial charge in [-0.1, -0.05) is 36.8 Å². The van der Waals surface area contributed by atoms with Crippen molar-refractivity contribution in [1.29, 1.82) is 0 Å². The second kappa shape index (κ2) is 5.96. The van der Waals surface area contributed by atoms with Crippen LogP contribution in [0.2, 0.25) is 0 Å². The minimum Gasteiger partial charge on any atom is -0.317 e. The predicted octanol–water partition coefficient (Wildman–Crippen LogP) is 3.34. The van der Waals surface area contributed by atoms with Gasteiger partial charge in [-0.05, 0) is 25.5 Å². The first-order valence-corrected chi connectivity index (χ1v) is 7.23. The number of unbranched alkanes of at least 4 members (excludes halogenated alkanes) is 1. The molecule has 1 aromatic carbocycles. The second-order valence-electron chi connectivity index (χ2n) is 4.21. The van der Waals surface area contributed by atoms with Gasteiger partial charge in [0.1, 0.15) is 0 Å². The predicted molar refractivity (Wildman–Crippen MR) is 75.6 cm³/mol. The highest BCUT2D eigenvalue weighted by Gasteiger charge is 2.05. The highest BCUT2D eigenvalue weighted by Crippen LogP contribution is 2.16. The lowest BCUT2D eigenvalue weighted by Crippen LogP contribution is -2.15. The van der Waals surface area contributed by atoms with Gasteiger partial charge in [-0.2, -0.15) is 4.99 Å². The molecule has 2 rings (SSSR count). The molecular weight excluding hydrogens is 244 g/mol. The molecule has 18 heavy (non-hydrogen) atoms. The van der Waals surface area contributed by atoms with Gasteiger partial charge in [-0.25, -0.2) is 0 Å². The van der Waals surface area contributed by atoms with Gasteiger partial charge < -0.3 is 4.57 Å². The Morgan fingerprint density at radius 2 is 2.11 bits per heavy atom. The molecule has 96 valence electrons. The van der Waals surface area contributed by atoms with Gasteiger partial charge in [0.05, 0.1) is 10.2 Å². The zero-order valence-corrected chi connectivity index (χ0v) is 11.7. The van der Waals surface area contributed by atoms with Crippen molar-refractivity contribution >= 4 is 27.5 Å². The number of amides is 1. The molecule has 0 aliphatic rings. The Morgan fingerprint density at radius 1 is 1.33 bits per heavy atom. The standard InChI is InChI=1S/C14H18N2OS/c1-3-5-10-13(17)15-14-16(4-2)11-8-6-7-9-12(11)18-14/h6-9H,3-5,10H2,1-2H3. The number of rotatable bonds is 4. The van der Waals surface area contributed by atoms with Crippen molar-refractivity contribution in [3.05, 3.63) is 29.1 Å². The SMILES string of the molecule is CCCCC(=O)N=c1sc2ccccc2n1CC. The quantitative estimate of drug-likeness (QED) is 0.832. The van der Waals surface area contributed by atoms with E-state index in [1.807, 2.05) is 12.1 Å². The first-order chi connectivity index (χ1) is 8.76. The van der Waals surface area contributed by atoms with Crippen LogP contribution in [-0.2, 0) is 11.3 Å². The number of aromatic nitrogens is 1. The summed E-state index contributed by atoms with van der Waals surface area (Å²) in [6.45, 7) is 5.00. The molecule has 0 aliphatic carbocycles. The van der Waals surface area contributed by atoms with E-state index < -0.39 is 0 Å². The summed E-state index contributed by atoms with van der Waals surface area (Å²) in [7, 11) is 0. The van der Waals surface area contributed by atoms with E-state index in [-0.39, 0.29) is 5.91 Å².